The van der Waals surface area contributed by atoms with Gasteiger partial charge >= 0.3 is 0 Å². The molecule has 0 aliphatic rings. The number of nitrogens with zero attached hydrogens (tertiary/aromatic N) is 1. The molecule has 0 heterocycles. The Hall–Kier alpha value is -0.890. The van der Waals surface area contributed by atoms with Gasteiger partial charge in [-0.3, -0.25) is 0 Å². The molecule has 1 aromatic carbocycles. The lowest BCUT2D eigenvalue weighted by Crippen LogP contribution is -2.10. The maximum absolute atomic E-state index is 5.86. The van der Waals surface area contributed by atoms with E-state index in [1.807, 2.05) is 44.2 Å². The highest BCUT2D eigenvalue weighted by Crippen LogP contribution is 2.27. The highest BCUT2D eigenvalue weighted by atomic mass is 35.5. The molecular formula is C9H13ClN2. The van der Waals surface area contributed by atoms with Gasteiger partial charge in [-0.1, -0.05) is 11.6 Å². The molecule has 66 valence electrons. The van der Waals surface area contributed by atoms with Crippen LogP contribution in [0, 0.1) is 0 Å². The Morgan fingerprint density at radius 2 is 2.00 bits per heavy atom. The third kappa shape index (κ3) is 1.83. The van der Waals surface area contributed by atoms with Gasteiger partial charge in [-0.15, -0.1) is 0 Å². The van der Waals surface area contributed by atoms with Gasteiger partial charge in [0.05, 0.1) is 11.4 Å². The van der Waals surface area contributed by atoms with E-state index in [9.17, 15) is 0 Å². The lowest BCUT2D eigenvalue weighted by molar-refractivity contribution is 1.13. The van der Waals surface area contributed by atoms with E-state index in [0.717, 1.165) is 16.4 Å². The maximum atomic E-state index is 5.86. The topological polar surface area (TPSA) is 15.3 Å². The predicted octanol–water partition coefficient (Wildman–Crippen LogP) is 2.45. The molecule has 1 aromatic rings. The molecular weight excluding hydrogens is 172 g/mol. The van der Waals surface area contributed by atoms with Gasteiger partial charge in [-0.25, -0.2) is 0 Å². The van der Waals surface area contributed by atoms with Crippen molar-refractivity contribution in [3.05, 3.63) is 23.2 Å². The second-order valence-electron chi connectivity index (χ2n) is 2.81. The molecule has 0 bridgehead atoms. The summed E-state index contributed by atoms with van der Waals surface area (Å²) in [5, 5.41) is 3.87. The van der Waals surface area contributed by atoms with Gasteiger partial charge in [0.1, 0.15) is 0 Å². The molecule has 12 heavy (non-hydrogen) atoms. The Bertz CT molecular complexity index is 271. The molecule has 0 amide bonds. The van der Waals surface area contributed by atoms with Crippen molar-refractivity contribution in [1.29, 1.82) is 0 Å². The zero-order chi connectivity index (χ0) is 9.14. The summed E-state index contributed by atoms with van der Waals surface area (Å²) >= 11 is 5.86. The zero-order valence-corrected chi connectivity index (χ0v) is 8.31. The Morgan fingerprint density at radius 1 is 1.33 bits per heavy atom. The molecule has 0 aliphatic carbocycles. The summed E-state index contributed by atoms with van der Waals surface area (Å²) in [4.78, 5) is 2.03. The minimum Gasteiger partial charge on any atom is -0.386 e. The number of benzene rings is 1. The monoisotopic (exact) mass is 184 g/mol. The van der Waals surface area contributed by atoms with Crippen molar-refractivity contribution >= 4 is 23.0 Å². The van der Waals surface area contributed by atoms with Crippen molar-refractivity contribution < 1.29 is 0 Å². The van der Waals surface area contributed by atoms with Crippen LogP contribution in [0.15, 0.2) is 18.2 Å². The third-order valence-corrected chi connectivity index (χ3v) is 1.95. The first-order valence-corrected chi connectivity index (χ1v) is 4.17. The average Bonchev–Trinajstić information content (AvgIpc) is 2.04. The van der Waals surface area contributed by atoms with Crippen LogP contribution in [0.25, 0.3) is 0 Å². The molecule has 0 unspecified atom stereocenters. The van der Waals surface area contributed by atoms with Crippen LogP contribution in [0.1, 0.15) is 0 Å². The SMILES string of the molecule is CNc1ccc(Cl)cc1N(C)C. The highest BCUT2D eigenvalue weighted by Gasteiger charge is 2.02. The van der Waals surface area contributed by atoms with Crippen molar-refractivity contribution in [3.8, 4) is 0 Å². The first kappa shape index (κ1) is 9.20. The van der Waals surface area contributed by atoms with Crippen LogP contribution in [-0.2, 0) is 0 Å². The average molecular weight is 185 g/mol. The molecule has 0 fully saturated rings. The molecule has 0 radical (unpaired) electrons. The van der Waals surface area contributed by atoms with Gasteiger partial charge in [0.15, 0.2) is 0 Å². The van der Waals surface area contributed by atoms with Crippen molar-refractivity contribution in [2.45, 2.75) is 0 Å². The largest absolute Gasteiger partial charge is 0.386 e. The summed E-state index contributed by atoms with van der Waals surface area (Å²) in [6.07, 6.45) is 0. The fraction of sp³-hybridized carbons (Fsp3) is 0.333. The van der Waals surface area contributed by atoms with Crippen LogP contribution in [0.3, 0.4) is 0 Å². The molecule has 0 saturated carbocycles. The molecule has 0 aliphatic heterocycles. The Labute approximate surface area is 78.1 Å². The van der Waals surface area contributed by atoms with Crippen LogP contribution >= 0.6 is 11.6 Å². The van der Waals surface area contributed by atoms with Crippen molar-refractivity contribution in [1.82, 2.24) is 0 Å². The summed E-state index contributed by atoms with van der Waals surface area (Å²) in [5.41, 5.74) is 2.19. The molecule has 0 aromatic heterocycles. The minimum atomic E-state index is 0.762. The second-order valence-corrected chi connectivity index (χ2v) is 3.24. The quantitative estimate of drug-likeness (QED) is 0.760. The van der Waals surface area contributed by atoms with Crippen molar-refractivity contribution in [3.63, 3.8) is 0 Å². The maximum Gasteiger partial charge on any atom is 0.0611 e. The fourth-order valence-electron chi connectivity index (χ4n) is 1.09. The number of hydrogen-bond donors (Lipinski definition) is 1. The normalized spacial score (nSPS) is 9.67. The van der Waals surface area contributed by atoms with E-state index in [4.69, 9.17) is 11.6 Å². The second kappa shape index (κ2) is 3.68. The van der Waals surface area contributed by atoms with Crippen LogP contribution in [-0.4, -0.2) is 21.1 Å². The fourth-order valence-corrected chi connectivity index (χ4v) is 1.25. The minimum absolute atomic E-state index is 0.762. The lowest BCUT2D eigenvalue weighted by atomic mass is 10.2. The highest BCUT2D eigenvalue weighted by molar-refractivity contribution is 6.31. The summed E-state index contributed by atoms with van der Waals surface area (Å²) in [7, 11) is 5.88. The van der Waals surface area contributed by atoms with Crippen LogP contribution in [0.4, 0.5) is 11.4 Å². The molecule has 1 rings (SSSR count). The van der Waals surface area contributed by atoms with Gasteiger partial charge in [-0.05, 0) is 18.2 Å². The van der Waals surface area contributed by atoms with E-state index < -0.39 is 0 Å². The molecule has 0 saturated heterocycles. The molecule has 1 N–H and O–H groups in total. The molecule has 0 atom stereocenters. The van der Waals surface area contributed by atoms with Crippen molar-refractivity contribution in [2.75, 3.05) is 31.4 Å². The van der Waals surface area contributed by atoms with Crippen LogP contribution in [0.2, 0.25) is 5.02 Å². The first-order valence-electron chi connectivity index (χ1n) is 3.80. The van der Waals surface area contributed by atoms with E-state index in [1.54, 1.807) is 0 Å². The predicted molar refractivity (Wildman–Crippen MR) is 55.3 cm³/mol. The van der Waals surface area contributed by atoms with Crippen LogP contribution in [0.5, 0.6) is 0 Å². The summed E-state index contributed by atoms with van der Waals surface area (Å²) < 4.78 is 0. The van der Waals surface area contributed by atoms with Gasteiger partial charge in [0, 0.05) is 26.2 Å². The number of anilines is 2. The van der Waals surface area contributed by atoms with Gasteiger partial charge in [0.25, 0.3) is 0 Å². The summed E-state index contributed by atoms with van der Waals surface area (Å²) in [5.74, 6) is 0. The summed E-state index contributed by atoms with van der Waals surface area (Å²) in [6, 6.07) is 5.78. The number of hydrogen-bond acceptors (Lipinski definition) is 2. The molecule has 0 spiro atoms. The van der Waals surface area contributed by atoms with Gasteiger partial charge < -0.3 is 10.2 Å². The van der Waals surface area contributed by atoms with Crippen LogP contribution < -0.4 is 10.2 Å². The summed E-state index contributed by atoms with van der Waals surface area (Å²) in [6.45, 7) is 0. The first-order chi connectivity index (χ1) is 5.65. The van der Waals surface area contributed by atoms with Gasteiger partial charge in [0.2, 0.25) is 0 Å². The van der Waals surface area contributed by atoms with E-state index in [0.29, 0.717) is 0 Å². The smallest absolute Gasteiger partial charge is 0.0611 e. The Balaban J connectivity index is 3.12. The van der Waals surface area contributed by atoms with Crippen molar-refractivity contribution in [2.24, 2.45) is 0 Å². The Morgan fingerprint density at radius 3 is 2.50 bits per heavy atom. The van der Waals surface area contributed by atoms with E-state index in [-0.39, 0.29) is 0 Å². The van der Waals surface area contributed by atoms with E-state index in [2.05, 4.69) is 5.32 Å². The molecule has 2 nitrogen and oxygen atoms in total. The number of rotatable bonds is 2. The Kier molecular flexibility index (Phi) is 2.82. The molecule has 3 heteroatoms. The lowest BCUT2D eigenvalue weighted by Gasteiger charge is -2.17. The number of nitrogens with one attached hydrogen (secondary N) is 1. The van der Waals surface area contributed by atoms with E-state index >= 15 is 0 Å². The zero-order valence-electron chi connectivity index (χ0n) is 7.56. The third-order valence-electron chi connectivity index (χ3n) is 1.71. The van der Waals surface area contributed by atoms with Gasteiger partial charge in [-0.2, -0.15) is 0 Å². The standard InChI is InChI=1S/C9H13ClN2/c1-11-8-5-4-7(10)6-9(8)12(2)3/h4-6,11H,1-3H3. The number of halogens is 1. The van der Waals surface area contributed by atoms with E-state index in [1.165, 1.54) is 0 Å².